The summed E-state index contributed by atoms with van der Waals surface area (Å²) in [5, 5.41) is 2.99. The van der Waals surface area contributed by atoms with Gasteiger partial charge in [-0.05, 0) is 74.5 Å². The van der Waals surface area contributed by atoms with Gasteiger partial charge in [0.25, 0.3) is 11.8 Å². The van der Waals surface area contributed by atoms with E-state index in [9.17, 15) is 19.2 Å². The van der Waals surface area contributed by atoms with Crippen LogP contribution < -0.4 is 10.1 Å². The maximum atomic E-state index is 13.4. The fourth-order valence-electron chi connectivity index (χ4n) is 4.08. The lowest BCUT2D eigenvalue weighted by molar-refractivity contribution is -0.139. The van der Waals surface area contributed by atoms with Crippen LogP contribution in [0, 0.1) is 0 Å². The van der Waals surface area contributed by atoms with Gasteiger partial charge in [0.05, 0.1) is 48.1 Å². The number of carbonyl (C=O) groups excluding carboxylic acids is 4. The third kappa shape index (κ3) is 5.88. The molecule has 0 radical (unpaired) electrons. The second-order valence-corrected chi connectivity index (χ2v) is 9.37. The van der Waals surface area contributed by atoms with Crippen LogP contribution in [0.25, 0.3) is 0 Å². The van der Waals surface area contributed by atoms with Crippen molar-refractivity contribution in [2.24, 2.45) is 4.99 Å². The first kappa shape index (κ1) is 27.6. The molecule has 10 nitrogen and oxygen atoms in total. The number of hydrogen-bond acceptors (Lipinski definition) is 9. The molecule has 0 bridgehead atoms. The molecule has 2 heterocycles. The summed E-state index contributed by atoms with van der Waals surface area (Å²) >= 11 is 1.02. The topological polar surface area (TPSA) is 124 Å². The highest BCUT2D eigenvalue weighted by Crippen LogP contribution is 2.42. The number of amides is 2. The molecule has 1 N–H and O–H groups in total. The van der Waals surface area contributed by atoms with Crippen molar-refractivity contribution in [3.05, 3.63) is 81.9 Å². The number of nitrogens with one attached hydrogen (secondary N) is 1. The van der Waals surface area contributed by atoms with Crippen molar-refractivity contribution in [2.45, 2.75) is 26.8 Å². The predicted octanol–water partition coefficient (Wildman–Crippen LogP) is 4.22. The van der Waals surface area contributed by atoms with Crippen LogP contribution in [-0.2, 0) is 23.9 Å². The lowest BCUT2D eigenvalue weighted by Gasteiger charge is -2.38. The average molecular weight is 550 g/mol. The predicted molar refractivity (Wildman–Crippen MR) is 146 cm³/mol. The number of hydrogen-bond donors (Lipinski definition) is 1. The van der Waals surface area contributed by atoms with Gasteiger partial charge in [0.15, 0.2) is 5.17 Å². The number of amidine groups is 1. The van der Waals surface area contributed by atoms with Crippen molar-refractivity contribution in [1.82, 2.24) is 4.90 Å². The third-order valence-corrected chi connectivity index (χ3v) is 6.88. The molecule has 0 aromatic heterocycles. The summed E-state index contributed by atoms with van der Waals surface area (Å²) < 4.78 is 15.5. The summed E-state index contributed by atoms with van der Waals surface area (Å²) in [6, 6.07) is 12.4. The summed E-state index contributed by atoms with van der Waals surface area (Å²) in [5.41, 5.74) is 2.07. The Balaban J connectivity index is 1.63. The van der Waals surface area contributed by atoms with Crippen molar-refractivity contribution in [3.8, 4) is 5.75 Å². The molecule has 39 heavy (non-hydrogen) atoms. The van der Waals surface area contributed by atoms with E-state index in [1.54, 1.807) is 76.4 Å². The van der Waals surface area contributed by atoms with Crippen molar-refractivity contribution in [2.75, 3.05) is 25.6 Å². The van der Waals surface area contributed by atoms with Gasteiger partial charge < -0.3 is 19.5 Å². The first-order valence-electron chi connectivity index (χ1n) is 12.2. The van der Waals surface area contributed by atoms with Crippen LogP contribution in [0.4, 0.5) is 5.69 Å². The largest absolute Gasteiger partial charge is 0.497 e. The van der Waals surface area contributed by atoms with Crippen molar-refractivity contribution in [3.63, 3.8) is 0 Å². The maximum Gasteiger partial charge on any atom is 0.338 e. The molecule has 2 aromatic carbocycles. The van der Waals surface area contributed by atoms with Gasteiger partial charge in [-0.15, -0.1) is 0 Å². The van der Waals surface area contributed by atoms with Gasteiger partial charge >= 0.3 is 11.9 Å². The van der Waals surface area contributed by atoms with Crippen LogP contribution in [0.2, 0.25) is 0 Å². The van der Waals surface area contributed by atoms with Gasteiger partial charge in [-0.25, -0.2) is 14.6 Å². The van der Waals surface area contributed by atoms with E-state index in [-0.39, 0.29) is 28.9 Å². The minimum atomic E-state index is -0.807. The normalized spacial score (nSPS) is 16.6. The Labute approximate surface area is 229 Å². The lowest BCUT2D eigenvalue weighted by atomic mass is 9.94. The van der Waals surface area contributed by atoms with E-state index in [1.807, 2.05) is 0 Å². The zero-order chi connectivity index (χ0) is 28.1. The molecule has 0 saturated carbocycles. The van der Waals surface area contributed by atoms with Crippen LogP contribution in [0.15, 0.2) is 75.8 Å². The number of benzene rings is 2. The molecule has 0 spiro atoms. The van der Waals surface area contributed by atoms with Crippen LogP contribution in [-0.4, -0.2) is 54.1 Å². The Bertz CT molecular complexity index is 1400. The van der Waals surface area contributed by atoms with Gasteiger partial charge in [0.2, 0.25) is 0 Å². The molecule has 2 amide bonds. The molecular weight excluding hydrogens is 522 g/mol. The summed E-state index contributed by atoms with van der Waals surface area (Å²) in [7, 11) is 1.55. The summed E-state index contributed by atoms with van der Waals surface area (Å²) in [6.45, 7) is 5.51. The van der Waals surface area contributed by atoms with Crippen molar-refractivity contribution < 1.29 is 33.4 Å². The van der Waals surface area contributed by atoms with E-state index in [0.29, 0.717) is 28.3 Å². The monoisotopic (exact) mass is 549 g/mol. The number of allylic oxidation sites excluding steroid dienone is 1. The van der Waals surface area contributed by atoms with E-state index in [1.165, 1.54) is 11.0 Å². The van der Waals surface area contributed by atoms with Gasteiger partial charge in [-0.1, -0.05) is 12.1 Å². The minimum Gasteiger partial charge on any atom is -0.497 e. The molecule has 4 rings (SSSR count). The van der Waals surface area contributed by atoms with E-state index < -0.39 is 29.8 Å². The molecule has 202 valence electrons. The Morgan fingerprint density at radius 3 is 2.23 bits per heavy atom. The second-order valence-electron chi connectivity index (χ2n) is 8.36. The SMILES string of the molecule is CCOC(=O)C1=C(C)N=C2SC(C(=O)Nc3ccc(C(=O)OCC)cc3)=CC(=O)N2[C@H]1c1ccc(OC)cc1. The first-order valence-corrected chi connectivity index (χ1v) is 13.0. The zero-order valence-electron chi connectivity index (χ0n) is 21.8. The lowest BCUT2D eigenvalue weighted by Crippen LogP contribution is -2.45. The number of aliphatic imine (C=N–C) groups is 1. The average Bonchev–Trinajstić information content (AvgIpc) is 2.92. The van der Waals surface area contributed by atoms with E-state index in [0.717, 1.165) is 11.8 Å². The molecule has 2 aliphatic rings. The summed E-state index contributed by atoms with van der Waals surface area (Å²) in [6.07, 6.45) is 1.21. The number of nitrogens with zero attached hydrogens (tertiary/aromatic N) is 2. The van der Waals surface area contributed by atoms with Gasteiger partial charge in [0.1, 0.15) is 5.75 Å². The maximum absolute atomic E-state index is 13.4. The molecule has 2 aliphatic heterocycles. The second kappa shape index (κ2) is 12.0. The fraction of sp³-hybridized carbons (Fsp3) is 0.250. The molecule has 2 aromatic rings. The first-order chi connectivity index (χ1) is 18.8. The number of fused-ring (bicyclic) bond motifs is 1. The highest BCUT2D eigenvalue weighted by atomic mass is 32.2. The highest BCUT2D eigenvalue weighted by Gasteiger charge is 2.42. The number of anilines is 1. The fourth-order valence-corrected chi connectivity index (χ4v) is 5.05. The zero-order valence-corrected chi connectivity index (χ0v) is 22.7. The van der Waals surface area contributed by atoms with Gasteiger partial charge in [0, 0.05) is 11.8 Å². The summed E-state index contributed by atoms with van der Waals surface area (Å²) in [4.78, 5) is 57.3. The van der Waals surface area contributed by atoms with Crippen LogP contribution in [0.1, 0.15) is 42.7 Å². The number of thioether (sulfide) groups is 1. The number of esters is 2. The standard InChI is InChI=1S/C28H27N3O7S/c1-5-37-26(34)18-7-11-19(12-8-18)30-25(33)21-15-22(32)31-24(17-9-13-20(36-4)14-10-17)23(27(35)38-6-2)16(3)29-28(31)39-21/h7-15,24H,5-6H2,1-4H3,(H,30,33)/t24-/m0/s1. The Hall–Kier alpha value is -4.38. The number of rotatable bonds is 8. The number of ether oxygens (including phenoxy) is 3. The van der Waals surface area contributed by atoms with E-state index >= 15 is 0 Å². The molecule has 1 atom stereocenters. The van der Waals surface area contributed by atoms with E-state index in [2.05, 4.69) is 10.3 Å². The van der Waals surface area contributed by atoms with Crippen molar-refractivity contribution in [1.29, 1.82) is 0 Å². The molecule has 0 unspecified atom stereocenters. The summed E-state index contributed by atoms with van der Waals surface area (Å²) in [5.74, 6) is -1.44. The number of methoxy groups -OCH3 is 1. The molecular formula is C28H27N3O7S. The molecule has 0 saturated heterocycles. The third-order valence-electron chi connectivity index (χ3n) is 5.89. The van der Waals surface area contributed by atoms with Gasteiger partial charge in [-0.2, -0.15) is 0 Å². The Morgan fingerprint density at radius 1 is 0.974 bits per heavy atom. The highest BCUT2D eigenvalue weighted by molar-refractivity contribution is 8.18. The smallest absolute Gasteiger partial charge is 0.338 e. The number of carbonyl (C=O) groups is 4. The quantitative estimate of drug-likeness (QED) is 0.486. The Kier molecular flexibility index (Phi) is 8.50. The van der Waals surface area contributed by atoms with E-state index in [4.69, 9.17) is 14.2 Å². The van der Waals surface area contributed by atoms with Gasteiger partial charge in [-0.3, -0.25) is 14.5 Å². The van der Waals surface area contributed by atoms with Crippen LogP contribution in [0.5, 0.6) is 5.75 Å². The van der Waals surface area contributed by atoms with Crippen molar-refractivity contribution >= 4 is 46.4 Å². The molecule has 0 fully saturated rings. The minimum absolute atomic E-state index is 0.130. The molecule has 0 aliphatic carbocycles. The molecule has 11 heteroatoms. The van der Waals surface area contributed by atoms with Crippen LogP contribution >= 0.6 is 11.8 Å². The van der Waals surface area contributed by atoms with Crippen LogP contribution in [0.3, 0.4) is 0 Å². The Morgan fingerprint density at radius 2 is 1.62 bits per heavy atom.